The summed E-state index contributed by atoms with van der Waals surface area (Å²) in [5.74, 6) is -0.152. The summed E-state index contributed by atoms with van der Waals surface area (Å²) in [6, 6.07) is 10.7. The average Bonchev–Trinajstić information content (AvgIpc) is 3.23. The molecule has 1 amide bonds. The van der Waals surface area contributed by atoms with Crippen LogP contribution >= 0.6 is 11.8 Å². The van der Waals surface area contributed by atoms with E-state index >= 15 is 0 Å². The van der Waals surface area contributed by atoms with Crippen molar-refractivity contribution in [3.8, 4) is 0 Å². The lowest BCUT2D eigenvalue weighted by Gasteiger charge is -2.06. The number of carbonyl (C=O) groups excluding carboxylic acids is 1. The molecule has 0 aliphatic heterocycles. The molecule has 0 aliphatic carbocycles. The molecule has 1 aromatic carbocycles. The molecule has 130 valence electrons. The highest BCUT2D eigenvalue weighted by molar-refractivity contribution is 7.99. The van der Waals surface area contributed by atoms with Crippen molar-refractivity contribution in [1.82, 2.24) is 14.9 Å². The second-order valence-electron chi connectivity index (χ2n) is 5.30. The Labute approximate surface area is 148 Å². The van der Waals surface area contributed by atoms with E-state index in [0.717, 1.165) is 17.5 Å². The molecular weight excluding hydrogens is 342 g/mol. The lowest BCUT2D eigenvalue weighted by atomic mass is 10.3. The Balaban J connectivity index is 1.56. The number of carboxylic acid groups (broad SMARTS) is 1. The zero-order valence-electron chi connectivity index (χ0n) is 13.3. The molecule has 3 rings (SSSR count). The molecule has 0 radical (unpaired) electrons. The van der Waals surface area contributed by atoms with Crippen molar-refractivity contribution in [3.63, 3.8) is 0 Å². The standard InChI is InChI=1S/C17H17N3O4S/c21-15(22)11-20-13-6-2-1-5-12(13)19-17(20)25-10-4-8-18-16(23)14-7-3-9-24-14/h1-3,5-7,9H,4,8,10-11H2,(H,18,23)(H,21,22). The number of imidazole rings is 1. The lowest BCUT2D eigenvalue weighted by Crippen LogP contribution is -2.24. The minimum Gasteiger partial charge on any atom is -0.480 e. The summed E-state index contributed by atoms with van der Waals surface area (Å²) in [6.45, 7) is 0.379. The maximum atomic E-state index is 11.7. The quantitative estimate of drug-likeness (QED) is 0.474. The molecule has 2 aromatic heterocycles. The Morgan fingerprint density at radius 3 is 2.84 bits per heavy atom. The van der Waals surface area contributed by atoms with Gasteiger partial charge in [-0.1, -0.05) is 23.9 Å². The number of hydrogen-bond acceptors (Lipinski definition) is 5. The van der Waals surface area contributed by atoms with Crippen LogP contribution in [-0.2, 0) is 11.3 Å². The second kappa shape index (κ2) is 7.89. The van der Waals surface area contributed by atoms with Crippen LogP contribution in [0.1, 0.15) is 17.0 Å². The molecule has 0 aliphatic rings. The Morgan fingerprint density at radius 2 is 2.08 bits per heavy atom. The van der Waals surface area contributed by atoms with Gasteiger partial charge >= 0.3 is 5.97 Å². The number of rotatable bonds is 8. The van der Waals surface area contributed by atoms with E-state index in [0.29, 0.717) is 17.5 Å². The van der Waals surface area contributed by atoms with Crippen molar-refractivity contribution in [2.75, 3.05) is 12.3 Å². The number of thioether (sulfide) groups is 1. The molecule has 25 heavy (non-hydrogen) atoms. The number of aliphatic carboxylic acids is 1. The summed E-state index contributed by atoms with van der Waals surface area (Å²) in [6.07, 6.45) is 2.19. The SMILES string of the molecule is O=C(O)Cn1c(SCCCNC(=O)c2ccco2)nc2ccccc21. The van der Waals surface area contributed by atoms with Gasteiger partial charge in [-0.15, -0.1) is 0 Å². The average molecular weight is 359 g/mol. The highest BCUT2D eigenvalue weighted by Crippen LogP contribution is 2.24. The van der Waals surface area contributed by atoms with E-state index in [-0.39, 0.29) is 18.2 Å². The highest BCUT2D eigenvalue weighted by atomic mass is 32.2. The summed E-state index contributed by atoms with van der Waals surface area (Å²) >= 11 is 1.48. The van der Waals surface area contributed by atoms with Gasteiger partial charge in [0, 0.05) is 12.3 Å². The predicted octanol–water partition coefficient (Wildman–Crippen LogP) is 2.63. The minimum absolute atomic E-state index is 0.127. The van der Waals surface area contributed by atoms with Crippen LogP contribution in [0.2, 0.25) is 0 Å². The molecule has 0 bridgehead atoms. The first-order valence-electron chi connectivity index (χ1n) is 7.76. The van der Waals surface area contributed by atoms with Crippen molar-refractivity contribution in [1.29, 1.82) is 0 Å². The molecule has 0 fully saturated rings. The first kappa shape index (κ1) is 17.1. The Kier molecular flexibility index (Phi) is 5.39. The van der Waals surface area contributed by atoms with E-state index in [1.807, 2.05) is 24.3 Å². The maximum Gasteiger partial charge on any atom is 0.323 e. The predicted molar refractivity (Wildman–Crippen MR) is 93.8 cm³/mol. The smallest absolute Gasteiger partial charge is 0.323 e. The highest BCUT2D eigenvalue weighted by Gasteiger charge is 2.13. The van der Waals surface area contributed by atoms with Gasteiger partial charge in [-0.3, -0.25) is 9.59 Å². The summed E-state index contributed by atoms with van der Waals surface area (Å²) in [5, 5.41) is 12.6. The normalized spacial score (nSPS) is 10.9. The Morgan fingerprint density at radius 1 is 1.24 bits per heavy atom. The minimum atomic E-state index is -0.907. The van der Waals surface area contributed by atoms with Crippen LogP contribution in [-0.4, -0.2) is 38.8 Å². The van der Waals surface area contributed by atoms with E-state index < -0.39 is 5.97 Å². The van der Waals surface area contributed by atoms with Crippen molar-refractivity contribution in [3.05, 3.63) is 48.4 Å². The third-order valence-corrected chi connectivity index (χ3v) is 4.56. The first-order chi connectivity index (χ1) is 12.1. The number of fused-ring (bicyclic) bond motifs is 1. The van der Waals surface area contributed by atoms with E-state index in [1.165, 1.54) is 18.0 Å². The fourth-order valence-electron chi connectivity index (χ4n) is 2.38. The zero-order chi connectivity index (χ0) is 17.6. The lowest BCUT2D eigenvalue weighted by molar-refractivity contribution is -0.137. The van der Waals surface area contributed by atoms with Crippen LogP contribution in [0.3, 0.4) is 0 Å². The van der Waals surface area contributed by atoms with Crippen LogP contribution in [0.4, 0.5) is 0 Å². The summed E-state index contributed by atoms with van der Waals surface area (Å²) in [7, 11) is 0. The monoisotopic (exact) mass is 359 g/mol. The van der Waals surface area contributed by atoms with Crippen LogP contribution < -0.4 is 5.32 Å². The van der Waals surface area contributed by atoms with Crippen LogP contribution in [0, 0.1) is 0 Å². The molecule has 3 aromatic rings. The summed E-state index contributed by atoms with van der Waals surface area (Å²) in [5.41, 5.74) is 1.58. The number of hydrogen-bond donors (Lipinski definition) is 2. The van der Waals surface area contributed by atoms with Gasteiger partial charge in [-0.2, -0.15) is 0 Å². The third kappa shape index (κ3) is 4.21. The molecule has 0 saturated carbocycles. The topological polar surface area (TPSA) is 97.4 Å². The van der Waals surface area contributed by atoms with Crippen molar-refractivity contribution in [2.45, 2.75) is 18.1 Å². The van der Waals surface area contributed by atoms with Crippen molar-refractivity contribution < 1.29 is 19.1 Å². The van der Waals surface area contributed by atoms with Crippen molar-refractivity contribution in [2.24, 2.45) is 0 Å². The second-order valence-corrected chi connectivity index (χ2v) is 6.36. The number of carboxylic acids is 1. The maximum absolute atomic E-state index is 11.7. The molecule has 7 nitrogen and oxygen atoms in total. The largest absolute Gasteiger partial charge is 0.480 e. The van der Waals surface area contributed by atoms with Gasteiger partial charge in [0.25, 0.3) is 5.91 Å². The van der Waals surface area contributed by atoms with Crippen LogP contribution in [0.5, 0.6) is 0 Å². The van der Waals surface area contributed by atoms with Gasteiger partial charge in [-0.05, 0) is 30.7 Å². The number of aromatic nitrogens is 2. The van der Waals surface area contributed by atoms with Gasteiger partial charge in [0.05, 0.1) is 17.3 Å². The van der Waals surface area contributed by atoms with E-state index in [1.54, 1.807) is 16.7 Å². The Hall–Kier alpha value is -2.74. The van der Waals surface area contributed by atoms with E-state index in [2.05, 4.69) is 10.3 Å². The number of amides is 1. The van der Waals surface area contributed by atoms with E-state index in [4.69, 9.17) is 9.52 Å². The third-order valence-electron chi connectivity index (χ3n) is 3.50. The number of carbonyl (C=O) groups is 2. The molecular formula is C17H17N3O4S. The number of benzene rings is 1. The molecule has 2 N–H and O–H groups in total. The van der Waals surface area contributed by atoms with Crippen molar-refractivity contribution >= 4 is 34.7 Å². The molecule has 0 spiro atoms. The van der Waals surface area contributed by atoms with Gasteiger partial charge < -0.3 is 19.4 Å². The van der Waals surface area contributed by atoms with Crippen LogP contribution in [0.15, 0.2) is 52.2 Å². The van der Waals surface area contributed by atoms with E-state index in [9.17, 15) is 9.59 Å². The number of nitrogens with one attached hydrogen (secondary N) is 1. The Bertz CT molecular complexity index is 873. The van der Waals surface area contributed by atoms with Gasteiger partial charge in [0.15, 0.2) is 10.9 Å². The van der Waals surface area contributed by atoms with Gasteiger partial charge in [0.1, 0.15) is 6.54 Å². The number of furan rings is 1. The molecule has 0 unspecified atom stereocenters. The van der Waals surface area contributed by atoms with Gasteiger partial charge in [0.2, 0.25) is 0 Å². The molecule has 0 saturated heterocycles. The number of para-hydroxylation sites is 2. The first-order valence-corrected chi connectivity index (χ1v) is 8.75. The summed E-state index contributed by atoms with van der Waals surface area (Å²) < 4.78 is 6.72. The fourth-order valence-corrected chi connectivity index (χ4v) is 3.34. The summed E-state index contributed by atoms with van der Waals surface area (Å²) in [4.78, 5) is 27.3. The fraction of sp³-hybridized carbons (Fsp3) is 0.235. The molecule has 2 heterocycles. The van der Waals surface area contributed by atoms with Crippen LogP contribution in [0.25, 0.3) is 11.0 Å². The van der Waals surface area contributed by atoms with Gasteiger partial charge in [-0.25, -0.2) is 4.98 Å². The molecule has 8 heteroatoms. The number of nitrogens with zero attached hydrogens (tertiary/aromatic N) is 2. The molecule has 0 atom stereocenters. The zero-order valence-corrected chi connectivity index (χ0v) is 14.2.